The molecule has 0 spiro atoms. The second-order valence-electron chi connectivity index (χ2n) is 31.1. The molecule has 3 unspecified atom stereocenters. The SMILES string of the molecule is CCCCCCCCCCCCCCCCCCCCCCC(=O)O[C@H](COC(=O)CCCCCCCCCCCCCCCCCCC(C)C)COP(=O)(O)OC[C@@H](O)COP(=O)(O)OC[C@@H](COC(=O)CCCCCCCCCCC(C)C)OC(=O)CCCCCCCCCCC(C)CC. The van der Waals surface area contributed by atoms with E-state index in [2.05, 4.69) is 48.5 Å². The zero-order valence-electron chi connectivity index (χ0n) is 67.1. The molecule has 6 atom stereocenters. The summed E-state index contributed by atoms with van der Waals surface area (Å²) in [6.07, 6.45) is 62.6. The topological polar surface area (TPSA) is 237 Å². The van der Waals surface area contributed by atoms with Crippen molar-refractivity contribution >= 4 is 39.5 Å². The van der Waals surface area contributed by atoms with Crippen LogP contribution in [0.3, 0.4) is 0 Å². The maximum absolute atomic E-state index is 13.1. The van der Waals surface area contributed by atoms with Crippen molar-refractivity contribution in [2.75, 3.05) is 39.6 Å². The average Bonchev–Trinajstić information content (AvgIpc) is 0.910. The van der Waals surface area contributed by atoms with E-state index in [1.165, 1.54) is 244 Å². The van der Waals surface area contributed by atoms with Gasteiger partial charge in [0.1, 0.15) is 19.3 Å². The summed E-state index contributed by atoms with van der Waals surface area (Å²) in [7, 11) is -9.92. The molecule has 0 aromatic rings. The summed E-state index contributed by atoms with van der Waals surface area (Å²) in [6, 6.07) is 0. The van der Waals surface area contributed by atoms with Crippen LogP contribution in [-0.2, 0) is 65.4 Å². The molecule has 0 rings (SSSR count). The molecule has 0 heterocycles. The van der Waals surface area contributed by atoms with Crippen LogP contribution >= 0.6 is 15.6 Å². The number of ether oxygens (including phenoxy) is 4. The third-order valence-electron chi connectivity index (χ3n) is 19.7. The lowest BCUT2D eigenvalue weighted by Crippen LogP contribution is -2.30. The van der Waals surface area contributed by atoms with E-state index in [1.807, 2.05) is 0 Å². The molecule has 0 fully saturated rings. The number of unbranched alkanes of at least 4 members (excludes halogenated alkanes) is 48. The first kappa shape index (κ1) is 100. The molecular weight excluding hydrogens is 1330 g/mol. The molecule has 0 aromatic heterocycles. The Morgan fingerprint density at radius 1 is 0.284 bits per heavy atom. The van der Waals surface area contributed by atoms with E-state index in [9.17, 15) is 43.2 Å². The lowest BCUT2D eigenvalue weighted by molar-refractivity contribution is -0.161. The summed E-state index contributed by atoms with van der Waals surface area (Å²) in [5.74, 6) is 0.197. The highest BCUT2D eigenvalue weighted by atomic mass is 31.2. The monoisotopic (exact) mass is 1490 g/mol. The zero-order valence-corrected chi connectivity index (χ0v) is 68.9. The van der Waals surface area contributed by atoms with Crippen molar-refractivity contribution in [3.63, 3.8) is 0 Å². The van der Waals surface area contributed by atoms with Crippen molar-refractivity contribution in [2.45, 2.75) is 452 Å². The number of phosphoric acid groups is 2. The van der Waals surface area contributed by atoms with Gasteiger partial charge in [0.2, 0.25) is 0 Å². The maximum Gasteiger partial charge on any atom is 0.472 e. The Labute approximate surface area is 626 Å². The lowest BCUT2D eigenvalue weighted by atomic mass is 9.99. The van der Waals surface area contributed by atoms with Gasteiger partial charge in [0.05, 0.1) is 26.4 Å². The summed E-state index contributed by atoms with van der Waals surface area (Å²) in [6.45, 7) is 11.9. The van der Waals surface area contributed by atoms with Gasteiger partial charge in [0, 0.05) is 25.7 Å². The molecule has 19 heteroatoms. The first-order valence-corrected chi connectivity index (χ1v) is 45.9. The molecule has 3 N–H and O–H groups in total. The Hall–Kier alpha value is -1.94. The molecule has 17 nitrogen and oxygen atoms in total. The first-order chi connectivity index (χ1) is 49.3. The largest absolute Gasteiger partial charge is 0.472 e. The summed E-state index contributed by atoms with van der Waals surface area (Å²) in [4.78, 5) is 73.1. The van der Waals surface area contributed by atoms with Gasteiger partial charge in [-0.1, -0.05) is 382 Å². The van der Waals surface area contributed by atoms with E-state index in [-0.39, 0.29) is 25.7 Å². The van der Waals surface area contributed by atoms with Gasteiger partial charge in [0.25, 0.3) is 0 Å². The second kappa shape index (κ2) is 73.2. The van der Waals surface area contributed by atoms with Gasteiger partial charge in [-0.15, -0.1) is 0 Å². The van der Waals surface area contributed by atoms with Crippen LogP contribution in [0.25, 0.3) is 0 Å². The number of hydrogen-bond donors (Lipinski definition) is 3. The number of esters is 4. The Bertz CT molecular complexity index is 1980. The molecule has 0 bridgehead atoms. The third-order valence-corrected chi connectivity index (χ3v) is 21.6. The highest BCUT2D eigenvalue weighted by molar-refractivity contribution is 7.47. The Kier molecular flexibility index (Phi) is 71.8. The first-order valence-electron chi connectivity index (χ1n) is 42.9. The van der Waals surface area contributed by atoms with E-state index in [4.69, 9.17) is 37.0 Å². The summed E-state index contributed by atoms with van der Waals surface area (Å²) >= 11 is 0. The molecule has 0 saturated carbocycles. The lowest BCUT2D eigenvalue weighted by Gasteiger charge is -2.21. The molecule has 0 radical (unpaired) electrons. The van der Waals surface area contributed by atoms with E-state index >= 15 is 0 Å². The second-order valence-corrected chi connectivity index (χ2v) is 34.0. The number of aliphatic hydroxyl groups excluding tert-OH is 1. The molecular formula is C83H162O17P2. The fourth-order valence-corrected chi connectivity index (χ4v) is 14.4. The van der Waals surface area contributed by atoms with Crippen LogP contribution in [0.5, 0.6) is 0 Å². The molecule has 0 aliphatic rings. The predicted molar refractivity (Wildman–Crippen MR) is 418 cm³/mol. The Balaban J connectivity index is 5.23. The van der Waals surface area contributed by atoms with E-state index in [1.54, 1.807) is 0 Å². The van der Waals surface area contributed by atoms with Crippen molar-refractivity contribution in [1.82, 2.24) is 0 Å². The molecule has 102 heavy (non-hydrogen) atoms. The van der Waals surface area contributed by atoms with Crippen LogP contribution < -0.4 is 0 Å². The van der Waals surface area contributed by atoms with Crippen molar-refractivity contribution < 1.29 is 80.2 Å². The van der Waals surface area contributed by atoms with E-state index in [0.29, 0.717) is 25.7 Å². The van der Waals surface area contributed by atoms with Crippen LogP contribution in [0.4, 0.5) is 0 Å². The van der Waals surface area contributed by atoms with Crippen molar-refractivity contribution in [3.05, 3.63) is 0 Å². The van der Waals surface area contributed by atoms with Gasteiger partial charge in [-0.3, -0.25) is 37.3 Å². The normalized spacial score (nSPS) is 14.2. The van der Waals surface area contributed by atoms with Gasteiger partial charge in [-0.25, -0.2) is 9.13 Å². The Morgan fingerprint density at radius 2 is 0.500 bits per heavy atom. The summed E-state index contributed by atoms with van der Waals surface area (Å²) < 4.78 is 68.8. The summed E-state index contributed by atoms with van der Waals surface area (Å²) in [5.41, 5.74) is 0. The highest BCUT2D eigenvalue weighted by Crippen LogP contribution is 2.45. The van der Waals surface area contributed by atoms with Gasteiger partial charge < -0.3 is 33.8 Å². The molecule has 0 saturated heterocycles. The Morgan fingerprint density at radius 3 is 0.745 bits per heavy atom. The summed E-state index contributed by atoms with van der Waals surface area (Å²) in [5, 5.41) is 10.7. The van der Waals surface area contributed by atoms with Gasteiger partial charge >= 0.3 is 39.5 Å². The third kappa shape index (κ3) is 74.9. The minimum absolute atomic E-state index is 0.105. The van der Waals surface area contributed by atoms with Crippen LogP contribution in [0, 0.1) is 17.8 Å². The predicted octanol–water partition coefficient (Wildman–Crippen LogP) is 24.9. The number of carbonyl (C=O) groups is 4. The van der Waals surface area contributed by atoms with Crippen LogP contribution in [0.1, 0.15) is 434 Å². The number of hydrogen-bond acceptors (Lipinski definition) is 15. The number of rotatable bonds is 81. The molecule has 0 amide bonds. The van der Waals surface area contributed by atoms with Crippen LogP contribution in [0.2, 0.25) is 0 Å². The van der Waals surface area contributed by atoms with Crippen LogP contribution in [0.15, 0.2) is 0 Å². The zero-order chi connectivity index (χ0) is 75.1. The van der Waals surface area contributed by atoms with Crippen molar-refractivity contribution in [1.29, 1.82) is 0 Å². The molecule has 0 aromatic carbocycles. The quantitative estimate of drug-likeness (QED) is 0.0222. The van der Waals surface area contributed by atoms with E-state index in [0.717, 1.165) is 108 Å². The molecule has 0 aliphatic heterocycles. The highest BCUT2D eigenvalue weighted by Gasteiger charge is 2.30. The number of aliphatic hydroxyl groups is 1. The van der Waals surface area contributed by atoms with Crippen LogP contribution in [-0.4, -0.2) is 96.7 Å². The molecule has 606 valence electrons. The van der Waals surface area contributed by atoms with Crippen molar-refractivity contribution in [2.24, 2.45) is 17.8 Å². The van der Waals surface area contributed by atoms with Gasteiger partial charge in [-0.2, -0.15) is 0 Å². The standard InChI is InChI=1S/C83H162O17P2/c1-8-10-11-12-13-14-15-16-17-18-19-20-21-26-29-32-35-45-52-59-66-82(87)99-78(70-93-80(85)64-57-50-43-34-31-28-25-23-22-24-27-30-33-40-47-54-61-74(3)4)72-97-101(89,90)95-68-77(84)69-96-102(91,92)98-73-79(71-94-81(86)65-58-51-44-38-36-41-48-55-62-75(5)6)100-83(88)67-60-53-46-39-37-42-49-56-63-76(7)9-2/h74-79,84H,8-73H2,1-7H3,(H,89,90)(H,91,92)/t76?,77-,78-,79-/m1/s1. The fraction of sp³-hybridized carbons (Fsp3) is 0.952. The smallest absolute Gasteiger partial charge is 0.462 e. The minimum atomic E-state index is -4.96. The maximum atomic E-state index is 13.1. The van der Waals surface area contributed by atoms with Gasteiger partial charge in [0.15, 0.2) is 12.2 Å². The van der Waals surface area contributed by atoms with E-state index < -0.39 is 97.5 Å². The average molecular weight is 1490 g/mol. The minimum Gasteiger partial charge on any atom is -0.462 e. The molecule has 0 aliphatic carbocycles. The van der Waals surface area contributed by atoms with Gasteiger partial charge in [-0.05, 0) is 43.4 Å². The number of carbonyl (C=O) groups excluding carboxylic acids is 4. The number of phosphoric ester groups is 2. The fourth-order valence-electron chi connectivity index (χ4n) is 12.8. The van der Waals surface area contributed by atoms with Crippen molar-refractivity contribution in [3.8, 4) is 0 Å².